The van der Waals surface area contributed by atoms with Crippen LogP contribution in [-0.4, -0.2) is 62.4 Å². The van der Waals surface area contributed by atoms with E-state index >= 15 is 0 Å². The van der Waals surface area contributed by atoms with Gasteiger partial charge in [0.1, 0.15) is 23.7 Å². The maximum absolute atomic E-state index is 13.1. The molecule has 1 aliphatic rings. The molecule has 5 heterocycles. The molecule has 0 radical (unpaired) electrons. The van der Waals surface area contributed by atoms with Gasteiger partial charge in [-0.1, -0.05) is 0 Å². The number of aromatic nitrogens is 6. The molecule has 4 aromatic heterocycles. The number of fused-ring (bicyclic) bond motifs is 1. The van der Waals surface area contributed by atoms with Crippen molar-refractivity contribution in [1.29, 1.82) is 0 Å². The highest BCUT2D eigenvalue weighted by Crippen LogP contribution is 2.35. The van der Waals surface area contributed by atoms with Crippen molar-refractivity contribution in [3.63, 3.8) is 0 Å². The van der Waals surface area contributed by atoms with Gasteiger partial charge in [0.25, 0.3) is 0 Å². The summed E-state index contributed by atoms with van der Waals surface area (Å²) in [5, 5.41) is 12.3. The predicted octanol–water partition coefficient (Wildman–Crippen LogP) is 3.08. The highest BCUT2D eigenvalue weighted by molar-refractivity contribution is 6.01. The van der Waals surface area contributed by atoms with Crippen molar-refractivity contribution in [3.05, 3.63) is 42.9 Å². The minimum Gasteiger partial charge on any atom is -0.377 e. The Morgan fingerprint density at radius 3 is 2.97 bits per heavy atom. The summed E-state index contributed by atoms with van der Waals surface area (Å²) in [6.45, 7) is 3.90. The molecule has 30 heavy (non-hydrogen) atoms. The van der Waals surface area contributed by atoms with Gasteiger partial charge in [-0.2, -0.15) is 10.2 Å². The molecule has 154 valence electrons. The maximum Gasteiger partial charge on any atom is 0.130 e. The van der Waals surface area contributed by atoms with Crippen LogP contribution in [0.15, 0.2) is 42.9 Å². The first-order valence-electron chi connectivity index (χ1n) is 9.98. The minimum absolute atomic E-state index is 0.194. The summed E-state index contributed by atoms with van der Waals surface area (Å²) in [6.07, 6.45) is 5.16. The number of alkyl halides is 1. The van der Waals surface area contributed by atoms with Crippen molar-refractivity contribution in [2.24, 2.45) is 0 Å². The Balaban J connectivity index is 1.77. The number of hydrogen-bond acceptors (Lipinski definition) is 6. The number of halogens is 1. The number of pyridine rings is 2. The topological polar surface area (TPSA) is 84.8 Å². The highest BCUT2D eigenvalue weighted by atomic mass is 19.1. The Kier molecular flexibility index (Phi) is 4.88. The van der Waals surface area contributed by atoms with Crippen LogP contribution < -0.4 is 4.90 Å². The van der Waals surface area contributed by atoms with Crippen molar-refractivity contribution in [2.75, 3.05) is 31.3 Å². The van der Waals surface area contributed by atoms with Crippen LogP contribution in [0.3, 0.4) is 0 Å². The molecule has 1 saturated heterocycles. The van der Waals surface area contributed by atoms with Crippen molar-refractivity contribution in [2.45, 2.75) is 19.5 Å². The molecule has 0 bridgehead atoms. The van der Waals surface area contributed by atoms with Gasteiger partial charge in [0, 0.05) is 36.1 Å². The molecular formula is C21H22FN7O. The van der Waals surface area contributed by atoms with E-state index in [1.165, 1.54) is 0 Å². The summed E-state index contributed by atoms with van der Waals surface area (Å²) in [7, 11) is 0. The molecule has 1 atom stereocenters. The first kappa shape index (κ1) is 18.7. The Morgan fingerprint density at radius 2 is 2.17 bits per heavy atom. The molecule has 0 amide bonds. The normalized spacial score (nSPS) is 17.0. The number of anilines is 1. The predicted molar refractivity (Wildman–Crippen MR) is 112 cm³/mol. The largest absolute Gasteiger partial charge is 0.377 e. The SMILES string of the molecule is C[C@@H]1COCCN1c1cc(-c2ccnn2CCF)c2ccnc(-c3ccn[nH]3)c2n1. The summed E-state index contributed by atoms with van der Waals surface area (Å²) in [5.41, 5.74) is 4.08. The number of aromatic amines is 1. The van der Waals surface area contributed by atoms with E-state index < -0.39 is 6.67 Å². The van der Waals surface area contributed by atoms with E-state index in [0.29, 0.717) is 13.2 Å². The molecule has 0 unspecified atom stereocenters. The number of aryl methyl sites for hydroxylation is 1. The number of rotatable bonds is 5. The van der Waals surface area contributed by atoms with E-state index in [1.807, 2.05) is 18.2 Å². The lowest BCUT2D eigenvalue weighted by molar-refractivity contribution is 0.0986. The molecule has 5 rings (SSSR count). The molecule has 8 nitrogen and oxygen atoms in total. The Bertz CT molecular complexity index is 1160. The maximum atomic E-state index is 13.1. The average molecular weight is 407 g/mol. The van der Waals surface area contributed by atoms with Gasteiger partial charge in [0.05, 0.1) is 37.2 Å². The van der Waals surface area contributed by atoms with Gasteiger partial charge in [0.2, 0.25) is 0 Å². The molecule has 1 aliphatic heterocycles. The van der Waals surface area contributed by atoms with E-state index in [2.05, 4.69) is 38.2 Å². The first-order chi connectivity index (χ1) is 14.8. The Hall–Kier alpha value is -3.33. The molecule has 0 aliphatic carbocycles. The van der Waals surface area contributed by atoms with Crippen molar-refractivity contribution < 1.29 is 9.13 Å². The molecule has 0 spiro atoms. The summed E-state index contributed by atoms with van der Waals surface area (Å²) in [6, 6.07) is 7.98. The summed E-state index contributed by atoms with van der Waals surface area (Å²) in [5.74, 6) is 0.843. The van der Waals surface area contributed by atoms with E-state index in [-0.39, 0.29) is 12.6 Å². The Morgan fingerprint density at radius 1 is 1.23 bits per heavy atom. The third kappa shape index (κ3) is 3.21. The van der Waals surface area contributed by atoms with E-state index in [4.69, 9.17) is 9.72 Å². The molecule has 9 heteroatoms. The third-order valence-electron chi connectivity index (χ3n) is 5.42. The fourth-order valence-electron chi connectivity index (χ4n) is 3.97. The molecule has 0 aromatic carbocycles. The van der Waals surface area contributed by atoms with Crippen molar-refractivity contribution in [3.8, 4) is 22.6 Å². The zero-order valence-electron chi connectivity index (χ0n) is 16.6. The summed E-state index contributed by atoms with van der Waals surface area (Å²) in [4.78, 5) is 11.8. The van der Waals surface area contributed by atoms with Crippen LogP contribution >= 0.6 is 0 Å². The van der Waals surface area contributed by atoms with Gasteiger partial charge in [-0.15, -0.1) is 0 Å². The number of nitrogens with zero attached hydrogens (tertiary/aromatic N) is 6. The van der Waals surface area contributed by atoms with Gasteiger partial charge in [-0.3, -0.25) is 14.8 Å². The van der Waals surface area contributed by atoms with Crippen molar-refractivity contribution in [1.82, 2.24) is 29.9 Å². The van der Waals surface area contributed by atoms with E-state index in [1.54, 1.807) is 23.3 Å². The number of H-pyrrole nitrogens is 1. The van der Waals surface area contributed by atoms with E-state index in [9.17, 15) is 4.39 Å². The van der Waals surface area contributed by atoms with Crippen LogP contribution in [0.1, 0.15) is 6.92 Å². The van der Waals surface area contributed by atoms with Gasteiger partial charge in [0.15, 0.2) is 0 Å². The van der Waals surface area contributed by atoms with Crippen LogP contribution in [0.4, 0.5) is 10.2 Å². The molecular weight excluding hydrogens is 385 g/mol. The standard InChI is InChI=1S/C21H22FN7O/c1-14-13-30-11-10-28(14)19-12-16(18-4-8-25-29(18)9-5-22)15-2-6-23-21(20(15)26-19)17-3-7-24-27-17/h2-4,6-8,12,14H,5,9-11,13H2,1H3,(H,24,27)/t14-/m1/s1. The highest BCUT2D eigenvalue weighted by Gasteiger charge is 2.23. The lowest BCUT2D eigenvalue weighted by Gasteiger charge is -2.34. The second-order valence-corrected chi connectivity index (χ2v) is 7.30. The molecule has 1 fully saturated rings. The molecule has 0 saturated carbocycles. The second kappa shape index (κ2) is 7.83. The van der Waals surface area contributed by atoms with Gasteiger partial charge in [-0.25, -0.2) is 9.37 Å². The first-order valence-corrected chi connectivity index (χ1v) is 9.98. The molecule has 1 N–H and O–H groups in total. The van der Waals surface area contributed by atoms with Gasteiger partial charge >= 0.3 is 0 Å². The number of hydrogen-bond donors (Lipinski definition) is 1. The lowest BCUT2D eigenvalue weighted by Crippen LogP contribution is -2.44. The summed E-state index contributed by atoms with van der Waals surface area (Å²) < 4.78 is 20.4. The monoisotopic (exact) mass is 407 g/mol. The van der Waals surface area contributed by atoms with Crippen LogP contribution in [0, 0.1) is 0 Å². The zero-order valence-corrected chi connectivity index (χ0v) is 16.6. The average Bonchev–Trinajstić information content (AvgIpc) is 3.45. The van der Waals surface area contributed by atoms with Crippen LogP contribution in [0.5, 0.6) is 0 Å². The lowest BCUT2D eigenvalue weighted by atomic mass is 10.0. The Labute approximate surface area is 172 Å². The van der Waals surface area contributed by atoms with Crippen LogP contribution in [0.25, 0.3) is 33.5 Å². The third-order valence-corrected chi connectivity index (χ3v) is 5.42. The molecule has 4 aromatic rings. The fraction of sp³-hybridized carbons (Fsp3) is 0.333. The minimum atomic E-state index is -0.480. The number of nitrogens with one attached hydrogen (secondary N) is 1. The smallest absolute Gasteiger partial charge is 0.130 e. The van der Waals surface area contributed by atoms with Crippen molar-refractivity contribution >= 4 is 16.7 Å². The fourth-order valence-corrected chi connectivity index (χ4v) is 3.97. The summed E-state index contributed by atoms with van der Waals surface area (Å²) >= 11 is 0. The second-order valence-electron chi connectivity index (χ2n) is 7.30. The quantitative estimate of drug-likeness (QED) is 0.547. The number of ether oxygens (including phenoxy) is 1. The van der Waals surface area contributed by atoms with Crippen LogP contribution in [-0.2, 0) is 11.3 Å². The van der Waals surface area contributed by atoms with Crippen LogP contribution in [0.2, 0.25) is 0 Å². The van der Waals surface area contributed by atoms with Gasteiger partial charge < -0.3 is 9.64 Å². The zero-order chi connectivity index (χ0) is 20.5. The van der Waals surface area contributed by atoms with Gasteiger partial charge in [-0.05, 0) is 31.2 Å². The van der Waals surface area contributed by atoms with E-state index in [0.717, 1.165) is 45.9 Å². The number of morpholine rings is 1.